The molecule has 0 amide bonds. The third kappa shape index (κ3) is 0.807. The predicted molar refractivity (Wildman–Crippen MR) is 37.8 cm³/mol. The fraction of sp³-hybridized carbons (Fsp3) is 0.625. The Balaban J connectivity index is 2.26. The summed E-state index contributed by atoms with van der Waals surface area (Å²) in [6, 6.07) is 0. The molecule has 1 heterocycles. The molecule has 3 heteroatoms. The molecular formula is C8H10O3. The number of aliphatic hydroxyl groups excluding tert-OH is 1. The number of ether oxygens (including phenoxy) is 1. The van der Waals surface area contributed by atoms with Crippen molar-refractivity contribution in [1.29, 1.82) is 0 Å². The van der Waals surface area contributed by atoms with Gasteiger partial charge in [-0.3, -0.25) is 0 Å². The molecule has 60 valence electrons. The summed E-state index contributed by atoms with van der Waals surface area (Å²) in [6.07, 6.45) is 0.988. The summed E-state index contributed by atoms with van der Waals surface area (Å²) in [5.74, 6) is -0.457. The van der Waals surface area contributed by atoms with Gasteiger partial charge in [0.25, 0.3) is 0 Å². The number of hydrogen-bond donors (Lipinski definition) is 1. The fourth-order valence-corrected chi connectivity index (χ4v) is 1.88. The van der Waals surface area contributed by atoms with Crippen LogP contribution in [0.2, 0.25) is 0 Å². The van der Waals surface area contributed by atoms with Crippen LogP contribution in [0.4, 0.5) is 0 Å². The lowest BCUT2D eigenvalue weighted by molar-refractivity contribution is -0.138. The number of carbonyl (C=O) groups is 1. The highest BCUT2D eigenvalue weighted by molar-refractivity contribution is 5.91. The molecular weight excluding hydrogens is 144 g/mol. The van der Waals surface area contributed by atoms with Gasteiger partial charge in [-0.25, -0.2) is 4.79 Å². The number of rotatable bonds is 0. The molecule has 1 N–H and O–H groups in total. The Bertz CT molecular complexity index is 221. The average molecular weight is 154 g/mol. The second kappa shape index (κ2) is 2.08. The van der Waals surface area contributed by atoms with Crippen LogP contribution >= 0.6 is 0 Å². The maximum Gasteiger partial charge on any atom is 0.334 e. The highest BCUT2D eigenvalue weighted by Crippen LogP contribution is 2.39. The molecule has 0 bridgehead atoms. The molecule has 1 saturated heterocycles. The minimum atomic E-state index is -0.418. The van der Waals surface area contributed by atoms with Crippen LogP contribution in [-0.2, 0) is 9.53 Å². The molecule has 0 radical (unpaired) electrons. The second-order valence-corrected chi connectivity index (χ2v) is 3.14. The summed E-state index contributed by atoms with van der Waals surface area (Å²) in [5.41, 5.74) is 0.444. The Labute approximate surface area is 64.7 Å². The SMILES string of the molecule is C=C1C(=O)OC2CC[C@@H](O)C12. The molecule has 2 unspecified atom stereocenters. The average Bonchev–Trinajstić information content (AvgIpc) is 2.41. The lowest BCUT2D eigenvalue weighted by Crippen LogP contribution is -2.18. The summed E-state index contributed by atoms with van der Waals surface area (Å²) in [4.78, 5) is 10.9. The van der Waals surface area contributed by atoms with Gasteiger partial charge >= 0.3 is 5.97 Å². The first kappa shape index (κ1) is 6.85. The van der Waals surface area contributed by atoms with Gasteiger partial charge in [-0.2, -0.15) is 0 Å². The van der Waals surface area contributed by atoms with Crippen molar-refractivity contribution < 1.29 is 14.6 Å². The zero-order valence-electron chi connectivity index (χ0n) is 6.12. The fourth-order valence-electron chi connectivity index (χ4n) is 1.88. The molecule has 3 nitrogen and oxygen atoms in total. The molecule has 2 aliphatic rings. The molecule has 3 atom stereocenters. The number of esters is 1. The van der Waals surface area contributed by atoms with Gasteiger partial charge in [0.15, 0.2) is 0 Å². The van der Waals surface area contributed by atoms with Crippen LogP contribution in [0.1, 0.15) is 12.8 Å². The van der Waals surface area contributed by atoms with Crippen molar-refractivity contribution in [3.63, 3.8) is 0 Å². The molecule has 0 aromatic rings. The van der Waals surface area contributed by atoms with Crippen molar-refractivity contribution in [2.45, 2.75) is 25.0 Å². The largest absolute Gasteiger partial charge is 0.458 e. The van der Waals surface area contributed by atoms with E-state index in [0.717, 1.165) is 12.8 Å². The van der Waals surface area contributed by atoms with Crippen LogP contribution in [0.3, 0.4) is 0 Å². The van der Waals surface area contributed by atoms with Crippen molar-refractivity contribution in [1.82, 2.24) is 0 Å². The van der Waals surface area contributed by atoms with Crippen molar-refractivity contribution in [3.8, 4) is 0 Å². The van der Waals surface area contributed by atoms with E-state index in [0.29, 0.717) is 5.57 Å². The van der Waals surface area contributed by atoms with Crippen LogP contribution < -0.4 is 0 Å². The van der Waals surface area contributed by atoms with Crippen molar-refractivity contribution in [2.75, 3.05) is 0 Å². The third-order valence-corrected chi connectivity index (χ3v) is 2.48. The van der Waals surface area contributed by atoms with Crippen LogP contribution in [0, 0.1) is 5.92 Å². The maximum absolute atomic E-state index is 10.9. The van der Waals surface area contributed by atoms with E-state index in [2.05, 4.69) is 6.58 Å². The number of hydrogen-bond acceptors (Lipinski definition) is 3. The topological polar surface area (TPSA) is 46.5 Å². The standard InChI is InChI=1S/C8H10O3/c1-4-7-5(9)2-3-6(7)11-8(4)10/h5-7,9H,1-3H2/t5-,6?,7?/m1/s1. The number of carbonyl (C=O) groups excluding carboxylic acids is 1. The zero-order chi connectivity index (χ0) is 8.01. The van der Waals surface area contributed by atoms with Gasteiger partial charge in [0, 0.05) is 5.57 Å². The molecule has 1 aliphatic carbocycles. The second-order valence-electron chi connectivity index (χ2n) is 3.14. The van der Waals surface area contributed by atoms with E-state index in [1.807, 2.05) is 0 Å². The minimum absolute atomic E-state index is 0.0926. The Morgan fingerprint density at radius 2 is 2.27 bits per heavy atom. The first-order chi connectivity index (χ1) is 5.20. The summed E-state index contributed by atoms with van der Waals surface area (Å²) >= 11 is 0. The Morgan fingerprint density at radius 1 is 1.55 bits per heavy atom. The van der Waals surface area contributed by atoms with Crippen LogP contribution in [0.15, 0.2) is 12.2 Å². The molecule has 1 saturated carbocycles. The van der Waals surface area contributed by atoms with E-state index in [9.17, 15) is 9.90 Å². The van der Waals surface area contributed by atoms with Gasteiger partial charge in [-0.15, -0.1) is 0 Å². The van der Waals surface area contributed by atoms with Gasteiger partial charge in [-0.05, 0) is 12.8 Å². The van der Waals surface area contributed by atoms with Gasteiger partial charge in [0.05, 0.1) is 12.0 Å². The van der Waals surface area contributed by atoms with Crippen LogP contribution in [0.5, 0.6) is 0 Å². The normalized spacial score (nSPS) is 42.5. The van der Waals surface area contributed by atoms with Crippen molar-refractivity contribution in [2.24, 2.45) is 5.92 Å². The van der Waals surface area contributed by atoms with Gasteiger partial charge in [0.1, 0.15) is 6.10 Å². The Hall–Kier alpha value is -0.830. The molecule has 0 aromatic carbocycles. The number of aliphatic hydroxyl groups is 1. The molecule has 1 aliphatic heterocycles. The van der Waals surface area contributed by atoms with E-state index < -0.39 is 6.10 Å². The third-order valence-electron chi connectivity index (χ3n) is 2.48. The van der Waals surface area contributed by atoms with Crippen molar-refractivity contribution >= 4 is 5.97 Å². The van der Waals surface area contributed by atoms with Gasteiger partial charge in [0.2, 0.25) is 0 Å². The predicted octanol–water partition coefficient (Wildman–Crippen LogP) is 0.239. The van der Waals surface area contributed by atoms with Crippen molar-refractivity contribution in [3.05, 3.63) is 12.2 Å². The molecule has 2 fully saturated rings. The molecule has 11 heavy (non-hydrogen) atoms. The first-order valence-electron chi connectivity index (χ1n) is 3.78. The Morgan fingerprint density at radius 3 is 2.91 bits per heavy atom. The molecule has 2 rings (SSSR count). The highest BCUT2D eigenvalue weighted by atomic mass is 16.6. The maximum atomic E-state index is 10.9. The molecule has 0 spiro atoms. The molecule has 0 aromatic heterocycles. The number of fused-ring (bicyclic) bond motifs is 1. The lowest BCUT2D eigenvalue weighted by atomic mass is 9.98. The summed E-state index contributed by atoms with van der Waals surface area (Å²) in [6.45, 7) is 3.59. The summed E-state index contributed by atoms with van der Waals surface area (Å²) in [7, 11) is 0. The highest BCUT2D eigenvalue weighted by Gasteiger charge is 2.46. The monoisotopic (exact) mass is 154 g/mol. The Kier molecular flexibility index (Phi) is 1.29. The van der Waals surface area contributed by atoms with E-state index in [1.165, 1.54) is 0 Å². The van der Waals surface area contributed by atoms with Gasteiger partial charge in [-0.1, -0.05) is 6.58 Å². The first-order valence-corrected chi connectivity index (χ1v) is 3.78. The van der Waals surface area contributed by atoms with E-state index >= 15 is 0 Å². The lowest BCUT2D eigenvalue weighted by Gasteiger charge is -2.09. The van der Waals surface area contributed by atoms with E-state index in [-0.39, 0.29) is 18.0 Å². The van der Waals surface area contributed by atoms with Crippen LogP contribution in [-0.4, -0.2) is 23.3 Å². The van der Waals surface area contributed by atoms with E-state index in [4.69, 9.17) is 4.74 Å². The zero-order valence-corrected chi connectivity index (χ0v) is 6.12. The summed E-state index contributed by atoms with van der Waals surface area (Å²) < 4.78 is 4.97. The van der Waals surface area contributed by atoms with Crippen LogP contribution in [0.25, 0.3) is 0 Å². The van der Waals surface area contributed by atoms with Gasteiger partial charge < -0.3 is 9.84 Å². The summed E-state index contributed by atoms with van der Waals surface area (Å²) in [5, 5.41) is 9.39. The quantitative estimate of drug-likeness (QED) is 0.401. The smallest absolute Gasteiger partial charge is 0.334 e. The van der Waals surface area contributed by atoms with E-state index in [1.54, 1.807) is 0 Å². The minimum Gasteiger partial charge on any atom is -0.458 e.